The van der Waals surface area contributed by atoms with Crippen LogP contribution in [0.4, 0.5) is 9.59 Å². The highest BCUT2D eigenvalue weighted by Crippen LogP contribution is 2.53. The van der Waals surface area contributed by atoms with E-state index < -0.39 is 6.09 Å². The Morgan fingerprint density at radius 1 is 1.05 bits per heavy atom. The number of carboxylic acid groups (broad SMARTS) is 1. The number of nitrogens with zero attached hydrogens (tertiary/aromatic N) is 2. The molecular formula is C16H25N3O3. The van der Waals surface area contributed by atoms with Crippen molar-refractivity contribution in [2.24, 2.45) is 23.7 Å². The second-order valence-electron chi connectivity index (χ2n) is 7.86. The molecule has 3 amide bonds. The predicted molar refractivity (Wildman–Crippen MR) is 80.5 cm³/mol. The Balaban J connectivity index is 1.31. The lowest BCUT2D eigenvalue weighted by atomic mass is 9.54. The van der Waals surface area contributed by atoms with E-state index in [1.807, 2.05) is 0 Å². The highest BCUT2D eigenvalue weighted by molar-refractivity contribution is 5.76. The van der Waals surface area contributed by atoms with E-state index in [9.17, 15) is 9.59 Å². The number of likely N-dealkylation sites (tertiary alicyclic amines) is 1. The van der Waals surface area contributed by atoms with Crippen molar-refractivity contribution < 1.29 is 14.7 Å². The standard InChI is InChI=1S/C16H25N3O3/c1-18(16(21)22)13-7-19(8-13)15(20)17-14-11-3-9-2-10(5-11)6-12(14)4-9/h9-14H,2-8H2,1H3,(H,17,20)(H,21,22). The van der Waals surface area contributed by atoms with Crippen LogP contribution in [0.2, 0.25) is 0 Å². The van der Waals surface area contributed by atoms with Gasteiger partial charge in [0.05, 0.1) is 6.04 Å². The van der Waals surface area contributed by atoms with Crippen molar-refractivity contribution >= 4 is 12.1 Å². The van der Waals surface area contributed by atoms with Gasteiger partial charge in [0, 0.05) is 26.2 Å². The summed E-state index contributed by atoms with van der Waals surface area (Å²) < 4.78 is 0. The van der Waals surface area contributed by atoms with E-state index in [2.05, 4.69) is 5.32 Å². The van der Waals surface area contributed by atoms with Crippen molar-refractivity contribution in [1.29, 1.82) is 0 Å². The van der Waals surface area contributed by atoms with Crippen LogP contribution in [0.1, 0.15) is 32.1 Å². The first kappa shape index (κ1) is 14.2. The van der Waals surface area contributed by atoms with Crippen molar-refractivity contribution in [2.75, 3.05) is 20.1 Å². The summed E-state index contributed by atoms with van der Waals surface area (Å²) in [6.07, 6.45) is 5.67. The van der Waals surface area contributed by atoms with E-state index in [1.165, 1.54) is 37.0 Å². The van der Waals surface area contributed by atoms with Gasteiger partial charge in [-0.3, -0.25) is 0 Å². The summed E-state index contributed by atoms with van der Waals surface area (Å²) in [5, 5.41) is 12.2. The average molecular weight is 307 g/mol. The molecule has 4 bridgehead atoms. The zero-order chi connectivity index (χ0) is 15.4. The minimum atomic E-state index is -0.925. The lowest BCUT2D eigenvalue weighted by molar-refractivity contribution is -0.0136. The first-order valence-electron chi connectivity index (χ1n) is 8.52. The van der Waals surface area contributed by atoms with Gasteiger partial charge in [-0.05, 0) is 55.8 Å². The number of carbonyl (C=O) groups is 2. The Bertz CT molecular complexity index is 461. The van der Waals surface area contributed by atoms with Gasteiger partial charge in [-0.25, -0.2) is 9.59 Å². The number of carbonyl (C=O) groups excluding carboxylic acids is 1. The molecule has 1 heterocycles. The monoisotopic (exact) mass is 307 g/mol. The van der Waals surface area contributed by atoms with E-state index in [0.29, 0.717) is 31.0 Å². The van der Waals surface area contributed by atoms with E-state index >= 15 is 0 Å². The highest BCUT2D eigenvalue weighted by atomic mass is 16.4. The van der Waals surface area contributed by atoms with Gasteiger partial charge >= 0.3 is 12.1 Å². The molecule has 5 aliphatic rings. The lowest BCUT2D eigenvalue weighted by Crippen LogP contribution is -2.65. The minimum Gasteiger partial charge on any atom is -0.465 e. The summed E-state index contributed by atoms with van der Waals surface area (Å²) in [5.41, 5.74) is 0. The van der Waals surface area contributed by atoms with Crippen molar-refractivity contribution in [3.05, 3.63) is 0 Å². The second-order valence-corrected chi connectivity index (χ2v) is 7.86. The molecule has 6 heteroatoms. The van der Waals surface area contributed by atoms with Gasteiger partial charge in [0.1, 0.15) is 0 Å². The third kappa shape index (κ3) is 2.23. The van der Waals surface area contributed by atoms with E-state index in [4.69, 9.17) is 5.11 Å². The van der Waals surface area contributed by atoms with Crippen LogP contribution >= 0.6 is 0 Å². The Morgan fingerprint density at radius 2 is 1.59 bits per heavy atom. The third-order valence-corrected chi connectivity index (χ3v) is 6.52. The maximum Gasteiger partial charge on any atom is 0.407 e. The molecule has 0 aromatic carbocycles. The van der Waals surface area contributed by atoms with Crippen LogP contribution in [0.15, 0.2) is 0 Å². The van der Waals surface area contributed by atoms with Crippen molar-refractivity contribution in [3.8, 4) is 0 Å². The van der Waals surface area contributed by atoms with Crippen LogP contribution in [-0.2, 0) is 0 Å². The van der Waals surface area contributed by atoms with Gasteiger partial charge in [-0.2, -0.15) is 0 Å². The second kappa shape index (κ2) is 5.03. The number of hydrogen-bond acceptors (Lipinski definition) is 2. The van der Waals surface area contributed by atoms with E-state index in [0.717, 1.165) is 11.8 Å². The van der Waals surface area contributed by atoms with Gasteiger partial charge in [0.15, 0.2) is 0 Å². The van der Waals surface area contributed by atoms with Crippen LogP contribution in [-0.4, -0.2) is 59.3 Å². The molecular weight excluding hydrogens is 282 g/mol. The molecule has 0 aromatic heterocycles. The van der Waals surface area contributed by atoms with Gasteiger partial charge < -0.3 is 20.2 Å². The number of amides is 3. The fourth-order valence-corrected chi connectivity index (χ4v) is 5.42. The number of hydrogen-bond donors (Lipinski definition) is 2. The molecule has 4 aliphatic carbocycles. The smallest absolute Gasteiger partial charge is 0.407 e. The Labute approximate surface area is 130 Å². The summed E-state index contributed by atoms with van der Waals surface area (Å²) in [6.45, 7) is 1.03. The molecule has 122 valence electrons. The Morgan fingerprint density at radius 3 is 2.09 bits per heavy atom. The minimum absolute atomic E-state index is 0.00696. The zero-order valence-corrected chi connectivity index (χ0v) is 13.1. The molecule has 6 nitrogen and oxygen atoms in total. The molecule has 2 N–H and O–H groups in total. The third-order valence-electron chi connectivity index (χ3n) is 6.52. The summed E-state index contributed by atoms with van der Waals surface area (Å²) >= 11 is 0. The number of nitrogens with one attached hydrogen (secondary N) is 1. The van der Waals surface area contributed by atoms with Crippen LogP contribution in [0.5, 0.6) is 0 Å². The van der Waals surface area contributed by atoms with Crippen molar-refractivity contribution in [3.63, 3.8) is 0 Å². The van der Waals surface area contributed by atoms with Gasteiger partial charge in [0.25, 0.3) is 0 Å². The lowest BCUT2D eigenvalue weighted by Gasteiger charge is -2.55. The Hall–Kier alpha value is -1.46. The SMILES string of the molecule is CN(C(=O)O)C1CN(C(=O)NC2C3CC4CC(C3)CC2C4)C1. The van der Waals surface area contributed by atoms with Crippen LogP contribution in [0.25, 0.3) is 0 Å². The highest BCUT2D eigenvalue weighted by Gasteiger charge is 2.49. The van der Waals surface area contributed by atoms with Crippen molar-refractivity contribution in [2.45, 2.75) is 44.2 Å². The first-order chi connectivity index (χ1) is 10.5. The summed E-state index contributed by atoms with van der Waals surface area (Å²) in [7, 11) is 1.57. The maximum absolute atomic E-state index is 12.4. The van der Waals surface area contributed by atoms with Crippen LogP contribution < -0.4 is 5.32 Å². The first-order valence-corrected chi connectivity index (χ1v) is 8.52. The number of urea groups is 1. The molecule has 5 rings (SSSR count). The molecule has 22 heavy (non-hydrogen) atoms. The summed E-state index contributed by atoms with van der Waals surface area (Å²) in [6, 6.07) is 0.311. The van der Waals surface area contributed by atoms with E-state index in [1.54, 1.807) is 11.9 Å². The molecule has 4 saturated carbocycles. The van der Waals surface area contributed by atoms with Crippen molar-refractivity contribution in [1.82, 2.24) is 15.1 Å². The zero-order valence-electron chi connectivity index (χ0n) is 13.1. The largest absolute Gasteiger partial charge is 0.465 e. The molecule has 5 fully saturated rings. The average Bonchev–Trinajstić information content (AvgIpc) is 2.40. The molecule has 0 aromatic rings. The Kier molecular flexibility index (Phi) is 3.24. The van der Waals surface area contributed by atoms with Crippen LogP contribution in [0, 0.1) is 23.7 Å². The molecule has 0 atom stereocenters. The molecule has 1 aliphatic heterocycles. The molecule has 1 saturated heterocycles. The van der Waals surface area contributed by atoms with Crippen LogP contribution in [0.3, 0.4) is 0 Å². The number of likely N-dealkylation sites (N-methyl/N-ethyl adjacent to an activating group) is 1. The predicted octanol–water partition coefficient (Wildman–Crippen LogP) is 1.81. The van der Waals surface area contributed by atoms with Gasteiger partial charge in [-0.15, -0.1) is 0 Å². The number of rotatable bonds is 2. The molecule has 0 unspecified atom stereocenters. The van der Waals surface area contributed by atoms with E-state index in [-0.39, 0.29) is 12.1 Å². The van der Waals surface area contributed by atoms with Gasteiger partial charge in [0.2, 0.25) is 0 Å². The topological polar surface area (TPSA) is 72.9 Å². The summed E-state index contributed by atoms with van der Waals surface area (Å²) in [4.78, 5) is 26.3. The fourth-order valence-electron chi connectivity index (χ4n) is 5.42. The molecule has 0 spiro atoms. The normalized spacial score (nSPS) is 39.5. The maximum atomic E-state index is 12.4. The fraction of sp³-hybridized carbons (Fsp3) is 0.875. The summed E-state index contributed by atoms with van der Waals surface area (Å²) in [5.74, 6) is 3.18. The quantitative estimate of drug-likeness (QED) is 0.817. The molecule has 0 radical (unpaired) electrons. The van der Waals surface area contributed by atoms with Gasteiger partial charge in [-0.1, -0.05) is 0 Å².